The molecular weight excluding hydrogens is 446 g/mol. The molecule has 0 atom stereocenters. The number of fused-ring (bicyclic) bond motifs is 1. The van der Waals surface area contributed by atoms with Crippen molar-refractivity contribution in [2.75, 3.05) is 45.3 Å². The number of benzene rings is 2. The lowest BCUT2D eigenvalue weighted by atomic mass is 10.1. The summed E-state index contributed by atoms with van der Waals surface area (Å²) in [6.07, 6.45) is 1.86. The van der Waals surface area contributed by atoms with Crippen molar-refractivity contribution in [3.63, 3.8) is 0 Å². The van der Waals surface area contributed by atoms with Gasteiger partial charge in [-0.1, -0.05) is 12.1 Å². The van der Waals surface area contributed by atoms with Crippen molar-refractivity contribution in [3.05, 3.63) is 66.4 Å². The number of carbonyl (C=O) groups is 1. The number of nitrogens with zero attached hydrogens (tertiary/aromatic N) is 4. The van der Waals surface area contributed by atoms with E-state index < -0.39 is 0 Å². The Morgan fingerprint density at radius 1 is 1.11 bits per heavy atom. The minimum atomic E-state index is -0.0671. The fourth-order valence-electron chi connectivity index (χ4n) is 4.09. The summed E-state index contributed by atoms with van der Waals surface area (Å²) in [4.78, 5) is 19.4. The number of nitrogens with one attached hydrogen (secondary N) is 1. The number of pyridine rings is 1. The van der Waals surface area contributed by atoms with Gasteiger partial charge >= 0.3 is 0 Å². The normalized spacial score (nSPS) is 13.6. The van der Waals surface area contributed by atoms with E-state index in [1.165, 1.54) is 0 Å². The quantitative estimate of drug-likeness (QED) is 0.434. The zero-order valence-corrected chi connectivity index (χ0v) is 19.7. The molecule has 9 heteroatoms. The molecule has 0 bridgehead atoms. The maximum atomic E-state index is 12.9. The molecule has 5 rings (SSSR count). The van der Waals surface area contributed by atoms with Gasteiger partial charge in [0.2, 0.25) is 5.95 Å². The summed E-state index contributed by atoms with van der Waals surface area (Å²) in [6, 6.07) is 17.2. The van der Waals surface area contributed by atoms with Crippen molar-refractivity contribution in [1.82, 2.24) is 19.5 Å². The van der Waals surface area contributed by atoms with Gasteiger partial charge in [-0.05, 0) is 48.9 Å². The third-order valence-corrected chi connectivity index (χ3v) is 5.83. The number of carbonyl (C=O) groups excluding carboxylic acids is 1. The van der Waals surface area contributed by atoms with Crippen molar-refractivity contribution in [2.24, 2.45) is 0 Å². The number of methoxy groups -OCH3 is 1. The summed E-state index contributed by atoms with van der Waals surface area (Å²) in [6.45, 7) is 4.83. The lowest BCUT2D eigenvalue weighted by molar-refractivity contribution is 0.0301. The molecule has 180 valence electrons. The Labute approximate surface area is 203 Å². The summed E-state index contributed by atoms with van der Waals surface area (Å²) in [5.41, 5.74) is 3.94. The summed E-state index contributed by atoms with van der Waals surface area (Å²) in [5, 5.41) is 7.80. The number of anilines is 2. The summed E-state index contributed by atoms with van der Waals surface area (Å²) >= 11 is 0. The van der Waals surface area contributed by atoms with Crippen LogP contribution in [0.15, 0.2) is 60.8 Å². The number of morpholine rings is 1. The van der Waals surface area contributed by atoms with Crippen LogP contribution in [0.5, 0.6) is 11.5 Å². The van der Waals surface area contributed by atoms with E-state index >= 15 is 0 Å². The van der Waals surface area contributed by atoms with Gasteiger partial charge in [0.05, 0.1) is 32.5 Å². The Kier molecular flexibility index (Phi) is 6.49. The van der Waals surface area contributed by atoms with Crippen molar-refractivity contribution in [3.8, 4) is 22.6 Å². The molecule has 2 aromatic carbocycles. The highest BCUT2D eigenvalue weighted by molar-refractivity contribution is 5.97. The van der Waals surface area contributed by atoms with Crippen molar-refractivity contribution in [2.45, 2.75) is 6.92 Å². The maximum Gasteiger partial charge on any atom is 0.257 e. The van der Waals surface area contributed by atoms with Gasteiger partial charge in [0.25, 0.3) is 5.91 Å². The standard InChI is InChI=1S/C26H27N5O4/c1-3-35-20-9-6-18(7-10-20)21-5-4-12-31-24(21)28-26(29-31)27-19-8-11-22(23(17-19)33-2)25(32)30-13-15-34-16-14-30/h4-12,17H,3,13-16H2,1-2H3,(H,27,29). The number of hydrogen-bond acceptors (Lipinski definition) is 7. The van der Waals surface area contributed by atoms with Crippen LogP contribution in [-0.2, 0) is 4.74 Å². The molecular formula is C26H27N5O4. The minimum Gasteiger partial charge on any atom is -0.496 e. The van der Waals surface area contributed by atoms with Gasteiger partial charge in [-0.3, -0.25) is 4.79 Å². The van der Waals surface area contributed by atoms with E-state index in [4.69, 9.17) is 19.2 Å². The van der Waals surface area contributed by atoms with E-state index in [0.29, 0.717) is 50.2 Å². The third-order valence-electron chi connectivity index (χ3n) is 5.83. The lowest BCUT2D eigenvalue weighted by Gasteiger charge is -2.27. The molecule has 1 fully saturated rings. The first-order valence-corrected chi connectivity index (χ1v) is 11.6. The Balaban J connectivity index is 1.39. The van der Waals surface area contributed by atoms with Crippen molar-refractivity contribution >= 4 is 23.2 Å². The number of aromatic nitrogens is 3. The molecule has 0 unspecified atom stereocenters. The molecule has 1 saturated heterocycles. The second-order valence-corrected chi connectivity index (χ2v) is 8.03. The summed E-state index contributed by atoms with van der Waals surface area (Å²) in [7, 11) is 1.56. The van der Waals surface area contributed by atoms with Crippen LogP contribution in [0.4, 0.5) is 11.6 Å². The van der Waals surface area contributed by atoms with Crippen LogP contribution in [0.1, 0.15) is 17.3 Å². The van der Waals surface area contributed by atoms with Crippen LogP contribution >= 0.6 is 0 Å². The molecule has 2 aromatic heterocycles. The number of amides is 1. The minimum absolute atomic E-state index is 0.0671. The summed E-state index contributed by atoms with van der Waals surface area (Å²) < 4.78 is 18.2. The number of hydrogen-bond donors (Lipinski definition) is 1. The second kappa shape index (κ2) is 10.0. The first-order chi connectivity index (χ1) is 17.2. The average Bonchev–Trinajstić information content (AvgIpc) is 3.32. The third kappa shape index (κ3) is 4.76. The Bertz CT molecular complexity index is 1330. The topological polar surface area (TPSA) is 90.2 Å². The van der Waals surface area contributed by atoms with Crippen LogP contribution in [0.2, 0.25) is 0 Å². The first-order valence-electron chi connectivity index (χ1n) is 11.6. The van der Waals surface area contributed by atoms with Crippen molar-refractivity contribution in [1.29, 1.82) is 0 Å². The molecule has 1 aliphatic heterocycles. The molecule has 0 aliphatic carbocycles. The molecule has 1 N–H and O–H groups in total. The highest BCUT2D eigenvalue weighted by Gasteiger charge is 2.22. The number of ether oxygens (including phenoxy) is 3. The molecule has 1 amide bonds. The molecule has 0 spiro atoms. The van der Waals surface area contributed by atoms with Gasteiger partial charge < -0.3 is 24.4 Å². The van der Waals surface area contributed by atoms with Gasteiger partial charge in [-0.2, -0.15) is 4.98 Å². The second-order valence-electron chi connectivity index (χ2n) is 8.03. The maximum absolute atomic E-state index is 12.9. The van der Waals surface area contributed by atoms with Gasteiger partial charge in [0.1, 0.15) is 11.5 Å². The molecule has 0 saturated carbocycles. The highest BCUT2D eigenvalue weighted by Crippen LogP contribution is 2.29. The molecule has 35 heavy (non-hydrogen) atoms. The van der Waals surface area contributed by atoms with E-state index in [0.717, 1.165) is 28.2 Å². The van der Waals surface area contributed by atoms with Crippen LogP contribution in [0, 0.1) is 0 Å². The molecule has 1 aliphatic rings. The van der Waals surface area contributed by atoms with Gasteiger partial charge in [-0.15, -0.1) is 5.10 Å². The van der Waals surface area contributed by atoms with Crippen LogP contribution < -0.4 is 14.8 Å². The lowest BCUT2D eigenvalue weighted by Crippen LogP contribution is -2.40. The van der Waals surface area contributed by atoms with Gasteiger partial charge in [0, 0.05) is 36.6 Å². The van der Waals surface area contributed by atoms with Gasteiger partial charge in [-0.25, -0.2) is 4.52 Å². The molecule has 4 aromatic rings. The monoisotopic (exact) mass is 473 g/mol. The fraction of sp³-hybridized carbons (Fsp3) is 0.269. The largest absolute Gasteiger partial charge is 0.496 e. The Hall–Kier alpha value is -4.11. The Morgan fingerprint density at radius 3 is 2.66 bits per heavy atom. The Morgan fingerprint density at radius 2 is 1.91 bits per heavy atom. The predicted molar refractivity (Wildman–Crippen MR) is 133 cm³/mol. The van der Waals surface area contributed by atoms with E-state index in [1.807, 2.05) is 55.6 Å². The highest BCUT2D eigenvalue weighted by atomic mass is 16.5. The zero-order valence-electron chi connectivity index (χ0n) is 19.7. The molecule has 9 nitrogen and oxygen atoms in total. The predicted octanol–water partition coefficient (Wildman–Crippen LogP) is 4.02. The van der Waals surface area contributed by atoms with Gasteiger partial charge in [0.15, 0.2) is 5.65 Å². The molecule has 0 radical (unpaired) electrons. The van der Waals surface area contributed by atoms with Crippen LogP contribution in [0.25, 0.3) is 16.8 Å². The van der Waals surface area contributed by atoms with Crippen LogP contribution in [-0.4, -0.2) is 65.4 Å². The average molecular weight is 474 g/mol. The van der Waals surface area contributed by atoms with E-state index in [2.05, 4.69) is 10.4 Å². The van der Waals surface area contributed by atoms with E-state index in [-0.39, 0.29) is 5.91 Å². The van der Waals surface area contributed by atoms with E-state index in [9.17, 15) is 4.79 Å². The van der Waals surface area contributed by atoms with Crippen molar-refractivity contribution < 1.29 is 19.0 Å². The first kappa shape index (κ1) is 22.7. The smallest absolute Gasteiger partial charge is 0.257 e. The SMILES string of the molecule is CCOc1ccc(-c2cccn3nc(Nc4ccc(C(=O)N5CCOCC5)c(OC)c4)nc23)cc1. The zero-order chi connectivity index (χ0) is 24.2. The number of rotatable bonds is 7. The van der Waals surface area contributed by atoms with Crippen LogP contribution in [0.3, 0.4) is 0 Å². The molecule has 3 heterocycles. The van der Waals surface area contributed by atoms with E-state index in [1.54, 1.807) is 28.7 Å². The fourth-order valence-corrected chi connectivity index (χ4v) is 4.09. The summed E-state index contributed by atoms with van der Waals surface area (Å²) in [5.74, 6) is 1.70.